The lowest BCUT2D eigenvalue weighted by Crippen LogP contribution is -2.42. The molecule has 1 amide bonds. The number of furan rings is 1. The third-order valence-corrected chi connectivity index (χ3v) is 5.68. The second kappa shape index (κ2) is 6.90. The summed E-state index contributed by atoms with van der Waals surface area (Å²) in [5.74, 6) is 0.763. The molecule has 0 radical (unpaired) electrons. The Labute approximate surface area is 167 Å². The van der Waals surface area contributed by atoms with Gasteiger partial charge in [-0.3, -0.25) is 4.79 Å². The predicted molar refractivity (Wildman–Crippen MR) is 107 cm³/mol. The number of nitrogens with zero attached hydrogens (tertiary/aromatic N) is 3. The predicted octanol–water partition coefficient (Wildman–Crippen LogP) is 3.01. The Bertz CT molecular complexity index is 1120. The number of hydrogen-bond donors (Lipinski definition) is 1. The second-order valence-electron chi connectivity index (χ2n) is 7.44. The van der Waals surface area contributed by atoms with Crippen molar-refractivity contribution in [2.75, 3.05) is 18.9 Å². The van der Waals surface area contributed by atoms with E-state index in [1.807, 2.05) is 30.3 Å². The quantitative estimate of drug-likeness (QED) is 0.723. The van der Waals surface area contributed by atoms with Crippen LogP contribution in [0.2, 0.25) is 0 Å². The molecular formula is C22H20N4O3. The van der Waals surface area contributed by atoms with Crippen LogP contribution in [0.25, 0.3) is 22.3 Å². The van der Waals surface area contributed by atoms with E-state index in [9.17, 15) is 10.1 Å². The third kappa shape index (κ3) is 2.93. The lowest BCUT2D eigenvalue weighted by Gasteiger charge is -2.31. The molecule has 1 saturated heterocycles. The van der Waals surface area contributed by atoms with E-state index < -0.39 is 0 Å². The molecule has 1 aromatic carbocycles. The molecule has 3 aromatic rings. The van der Waals surface area contributed by atoms with Crippen LogP contribution < -0.4 is 5.73 Å². The number of anilines is 1. The van der Waals surface area contributed by atoms with Crippen molar-refractivity contribution in [1.29, 1.82) is 5.26 Å². The van der Waals surface area contributed by atoms with Gasteiger partial charge in [-0.2, -0.15) is 5.26 Å². The van der Waals surface area contributed by atoms with Crippen molar-refractivity contribution < 1.29 is 13.9 Å². The summed E-state index contributed by atoms with van der Waals surface area (Å²) < 4.78 is 11.6. The van der Waals surface area contributed by atoms with Crippen LogP contribution in [-0.4, -0.2) is 35.0 Å². The molecule has 146 valence electrons. The topological polar surface area (TPSA) is 105 Å². The number of carbonyl (C=O) groups excluding carboxylic acids is 1. The normalized spacial score (nSPS) is 18.6. The number of rotatable bonds is 2. The van der Waals surface area contributed by atoms with Crippen molar-refractivity contribution >= 4 is 22.7 Å². The molecule has 1 unspecified atom stereocenters. The first-order valence-corrected chi connectivity index (χ1v) is 9.76. The molecule has 2 aliphatic rings. The fraction of sp³-hybridized carbons (Fsp3) is 0.318. The van der Waals surface area contributed by atoms with Crippen LogP contribution in [0.1, 0.15) is 29.7 Å². The molecule has 0 bridgehead atoms. The van der Waals surface area contributed by atoms with Crippen molar-refractivity contribution in [2.24, 2.45) is 0 Å². The highest BCUT2D eigenvalue weighted by atomic mass is 16.5. The number of para-hydroxylation sites is 1. The highest BCUT2D eigenvalue weighted by Gasteiger charge is 2.33. The Morgan fingerprint density at radius 1 is 1.34 bits per heavy atom. The Kier molecular flexibility index (Phi) is 4.22. The van der Waals surface area contributed by atoms with Gasteiger partial charge in [-0.05, 0) is 25.0 Å². The Balaban J connectivity index is 1.62. The van der Waals surface area contributed by atoms with E-state index in [1.165, 1.54) is 0 Å². The summed E-state index contributed by atoms with van der Waals surface area (Å²) in [5.41, 5.74) is 9.40. The molecule has 0 saturated carbocycles. The van der Waals surface area contributed by atoms with Crippen molar-refractivity contribution in [1.82, 2.24) is 9.88 Å². The molecule has 5 rings (SSSR count). The van der Waals surface area contributed by atoms with Crippen molar-refractivity contribution in [3.05, 3.63) is 47.2 Å². The van der Waals surface area contributed by atoms with Crippen molar-refractivity contribution in [3.8, 4) is 17.4 Å². The maximum absolute atomic E-state index is 12.9. The smallest absolute Gasteiger partial charge is 0.252 e. The van der Waals surface area contributed by atoms with Gasteiger partial charge in [0.05, 0.1) is 5.69 Å². The summed E-state index contributed by atoms with van der Waals surface area (Å²) in [4.78, 5) is 19.1. The first-order valence-electron chi connectivity index (χ1n) is 9.76. The fourth-order valence-corrected chi connectivity index (χ4v) is 4.23. The van der Waals surface area contributed by atoms with Gasteiger partial charge in [0, 0.05) is 42.6 Å². The first kappa shape index (κ1) is 17.7. The van der Waals surface area contributed by atoms with E-state index in [2.05, 4.69) is 11.1 Å². The van der Waals surface area contributed by atoms with Gasteiger partial charge in [0.2, 0.25) is 0 Å². The number of nitriles is 1. The molecule has 1 fully saturated rings. The number of carbonyl (C=O) groups is 1. The van der Waals surface area contributed by atoms with Crippen molar-refractivity contribution in [3.63, 3.8) is 0 Å². The van der Waals surface area contributed by atoms with Gasteiger partial charge in [0.1, 0.15) is 34.9 Å². The summed E-state index contributed by atoms with van der Waals surface area (Å²) in [7, 11) is 0. The lowest BCUT2D eigenvalue weighted by molar-refractivity contribution is -0.141. The number of aromatic nitrogens is 1. The molecule has 7 nitrogen and oxygen atoms in total. The fourth-order valence-electron chi connectivity index (χ4n) is 4.23. The van der Waals surface area contributed by atoms with Crippen molar-refractivity contribution in [2.45, 2.75) is 31.9 Å². The average molecular weight is 388 g/mol. The SMILES string of the molecule is N#Cc1c(N)nc2c(c1-c1cc3ccccc3o1)CN(C(=O)C1CCCO1)CC2. The van der Waals surface area contributed by atoms with Crippen LogP contribution in [0.15, 0.2) is 34.7 Å². The number of amides is 1. The van der Waals surface area contributed by atoms with Gasteiger partial charge in [0.25, 0.3) is 5.91 Å². The minimum Gasteiger partial charge on any atom is -0.456 e. The summed E-state index contributed by atoms with van der Waals surface area (Å²) in [5, 5.41) is 10.7. The van der Waals surface area contributed by atoms with Crippen LogP contribution in [0.4, 0.5) is 5.82 Å². The number of ether oxygens (including phenoxy) is 1. The molecule has 0 spiro atoms. The van der Waals surface area contributed by atoms with Gasteiger partial charge in [-0.1, -0.05) is 18.2 Å². The maximum Gasteiger partial charge on any atom is 0.252 e. The number of hydrogen-bond acceptors (Lipinski definition) is 6. The standard InChI is InChI=1S/C22H20N4O3/c23-11-14-20(19-10-13-4-1-2-5-17(13)29-19)15-12-26(8-7-16(15)25-21(14)24)22(27)18-6-3-9-28-18/h1-2,4-5,10,18H,3,6-9,12H2,(H2,24,25). The van der Waals surface area contributed by atoms with Crippen LogP contribution in [0.5, 0.6) is 0 Å². The monoisotopic (exact) mass is 388 g/mol. The number of pyridine rings is 1. The van der Waals surface area contributed by atoms with Crippen LogP contribution in [-0.2, 0) is 22.5 Å². The molecule has 4 heterocycles. The highest BCUT2D eigenvalue weighted by Crippen LogP contribution is 2.38. The average Bonchev–Trinajstić information content (AvgIpc) is 3.41. The second-order valence-corrected chi connectivity index (χ2v) is 7.44. The summed E-state index contributed by atoms with van der Waals surface area (Å²) >= 11 is 0. The first-order chi connectivity index (χ1) is 14.2. The van der Waals surface area contributed by atoms with Gasteiger partial charge >= 0.3 is 0 Å². The Morgan fingerprint density at radius 2 is 2.21 bits per heavy atom. The molecule has 2 aliphatic heterocycles. The minimum atomic E-state index is -0.372. The number of fused-ring (bicyclic) bond motifs is 2. The van der Waals surface area contributed by atoms with Gasteiger partial charge in [0.15, 0.2) is 0 Å². The largest absolute Gasteiger partial charge is 0.456 e. The molecule has 7 heteroatoms. The number of nitrogens with two attached hydrogens (primary N) is 1. The summed E-state index contributed by atoms with van der Waals surface area (Å²) in [6.45, 7) is 1.55. The molecule has 2 aromatic heterocycles. The van der Waals surface area contributed by atoms with Gasteiger partial charge in [-0.15, -0.1) is 0 Å². The van der Waals surface area contributed by atoms with E-state index >= 15 is 0 Å². The Morgan fingerprint density at radius 3 is 2.97 bits per heavy atom. The van der Waals surface area contributed by atoms with Crippen LogP contribution in [0.3, 0.4) is 0 Å². The van der Waals surface area contributed by atoms with E-state index in [4.69, 9.17) is 14.9 Å². The molecule has 2 N–H and O–H groups in total. The molecule has 0 aliphatic carbocycles. The van der Waals surface area contributed by atoms with Crippen LogP contribution in [0, 0.1) is 11.3 Å². The van der Waals surface area contributed by atoms with E-state index in [-0.39, 0.29) is 23.4 Å². The molecule has 1 atom stereocenters. The Hall–Kier alpha value is -3.37. The van der Waals surface area contributed by atoms with E-state index in [1.54, 1.807) is 4.90 Å². The van der Waals surface area contributed by atoms with E-state index in [0.29, 0.717) is 37.4 Å². The van der Waals surface area contributed by atoms with Gasteiger partial charge in [-0.25, -0.2) is 4.98 Å². The summed E-state index contributed by atoms with van der Waals surface area (Å²) in [6, 6.07) is 11.8. The highest BCUT2D eigenvalue weighted by molar-refractivity contribution is 5.87. The lowest BCUT2D eigenvalue weighted by atomic mass is 9.94. The van der Waals surface area contributed by atoms with Gasteiger partial charge < -0.3 is 19.8 Å². The third-order valence-electron chi connectivity index (χ3n) is 5.68. The molecular weight excluding hydrogens is 368 g/mol. The van der Waals surface area contributed by atoms with Crippen LogP contribution >= 0.6 is 0 Å². The molecule has 29 heavy (non-hydrogen) atoms. The summed E-state index contributed by atoms with van der Waals surface area (Å²) in [6.07, 6.45) is 1.86. The zero-order chi connectivity index (χ0) is 20.0. The zero-order valence-electron chi connectivity index (χ0n) is 15.9. The maximum atomic E-state index is 12.9. The number of benzene rings is 1. The minimum absolute atomic E-state index is 0.000890. The number of nitrogen functional groups attached to an aromatic ring is 1. The van der Waals surface area contributed by atoms with E-state index in [0.717, 1.165) is 35.1 Å². The zero-order valence-corrected chi connectivity index (χ0v) is 15.9.